The molecular formula is C9H19N2Pt-3. The maximum Gasteiger partial charge on any atom is 0 e. The summed E-state index contributed by atoms with van der Waals surface area (Å²) in [5.74, 6) is 1.42. The van der Waals surface area contributed by atoms with Crippen molar-refractivity contribution in [3.63, 3.8) is 0 Å². The first kappa shape index (κ1) is 15.1. The third-order valence-corrected chi connectivity index (χ3v) is 1.52. The van der Waals surface area contributed by atoms with E-state index in [1.54, 1.807) is 0 Å². The van der Waals surface area contributed by atoms with Crippen molar-refractivity contribution in [3.05, 3.63) is 17.4 Å². The predicted octanol–water partition coefficient (Wildman–Crippen LogP) is 3.63. The first-order valence-corrected chi connectivity index (χ1v) is 4.23. The number of hydrogen-bond acceptors (Lipinski definition) is 0. The Labute approximate surface area is 90.7 Å². The number of rotatable bonds is 0. The average Bonchev–Trinajstić information content (AvgIpc) is 2.15. The van der Waals surface area contributed by atoms with Crippen LogP contribution in [0.3, 0.4) is 0 Å². The van der Waals surface area contributed by atoms with Crippen molar-refractivity contribution in [2.24, 2.45) is 0 Å². The average molecular weight is 350 g/mol. The van der Waals surface area contributed by atoms with Crippen LogP contribution in [0.2, 0.25) is 0 Å². The predicted molar refractivity (Wildman–Crippen MR) is 50.3 cm³/mol. The molecule has 2 nitrogen and oxygen atoms in total. The first-order valence-electron chi connectivity index (χ1n) is 4.23. The minimum atomic E-state index is -0.0694. The Kier molecular flexibility index (Phi) is 10.3. The van der Waals surface area contributed by atoms with Gasteiger partial charge in [-0.1, -0.05) is 19.3 Å². The van der Waals surface area contributed by atoms with Crippen molar-refractivity contribution in [2.45, 2.75) is 52.1 Å². The Bertz CT molecular complexity index is 85.8. The fraction of sp³-hybridized carbons (Fsp3) is 0.889. The molecule has 1 aliphatic rings. The monoisotopic (exact) mass is 350 g/mol. The molecule has 12 heavy (non-hydrogen) atoms. The van der Waals surface area contributed by atoms with Crippen molar-refractivity contribution in [1.29, 1.82) is 0 Å². The SMILES string of the molecule is C[C-](C)C.[NH-]C1CCCC1[NH-].[Pt]. The Morgan fingerprint density at radius 1 is 1.00 bits per heavy atom. The summed E-state index contributed by atoms with van der Waals surface area (Å²) in [6.07, 6.45) is 3.00. The molecule has 0 bridgehead atoms. The molecule has 78 valence electrons. The second kappa shape index (κ2) is 8.22. The van der Waals surface area contributed by atoms with Crippen LogP contribution in [-0.4, -0.2) is 12.1 Å². The van der Waals surface area contributed by atoms with E-state index in [0.29, 0.717) is 0 Å². The first-order chi connectivity index (χ1) is 5.04. The van der Waals surface area contributed by atoms with Gasteiger partial charge in [0.15, 0.2) is 0 Å². The Hall–Kier alpha value is 0.608. The summed E-state index contributed by atoms with van der Waals surface area (Å²) in [7, 11) is 0. The van der Waals surface area contributed by atoms with Gasteiger partial charge in [-0.3, -0.25) is 0 Å². The van der Waals surface area contributed by atoms with Crippen LogP contribution in [-0.2, 0) is 21.1 Å². The fourth-order valence-electron chi connectivity index (χ4n) is 0.960. The molecule has 0 amide bonds. The molecular weight excluding hydrogens is 331 g/mol. The number of hydrogen-bond donors (Lipinski definition) is 0. The molecule has 2 unspecified atom stereocenters. The summed E-state index contributed by atoms with van der Waals surface area (Å²) in [5.41, 5.74) is 14.3. The minimum absolute atomic E-state index is 0. The van der Waals surface area contributed by atoms with E-state index < -0.39 is 0 Å². The van der Waals surface area contributed by atoms with Crippen molar-refractivity contribution < 1.29 is 21.1 Å². The zero-order valence-electron chi connectivity index (χ0n) is 8.09. The summed E-state index contributed by atoms with van der Waals surface area (Å²) in [6, 6.07) is -0.139. The van der Waals surface area contributed by atoms with E-state index in [1.807, 2.05) is 0 Å². The Morgan fingerprint density at radius 2 is 1.25 bits per heavy atom. The molecule has 1 rings (SSSR count). The molecule has 3 heteroatoms. The van der Waals surface area contributed by atoms with Crippen LogP contribution < -0.4 is 0 Å². The van der Waals surface area contributed by atoms with E-state index in [2.05, 4.69) is 20.8 Å². The van der Waals surface area contributed by atoms with E-state index in [9.17, 15) is 0 Å². The molecule has 0 radical (unpaired) electrons. The molecule has 0 aromatic rings. The van der Waals surface area contributed by atoms with Gasteiger partial charge in [0.2, 0.25) is 0 Å². The number of nitrogens with one attached hydrogen (secondary N) is 2. The topological polar surface area (TPSA) is 47.6 Å². The molecule has 1 saturated carbocycles. The van der Waals surface area contributed by atoms with E-state index in [1.165, 1.54) is 5.92 Å². The maximum atomic E-state index is 7.15. The molecule has 0 heterocycles. The van der Waals surface area contributed by atoms with Crippen LogP contribution in [0.1, 0.15) is 40.0 Å². The molecule has 2 atom stereocenters. The van der Waals surface area contributed by atoms with Gasteiger partial charge in [-0.25, -0.2) is 0 Å². The maximum absolute atomic E-state index is 7.15. The largest absolute Gasteiger partial charge is 0.676 e. The summed E-state index contributed by atoms with van der Waals surface area (Å²) in [4.78, 5) is 0. The van der Waals surface area contributed by atoms with Crippen LogP contribution in [0.15, 0.2) is 0 Å². The van der Waals surface area contributed by atoms with E-state index >= 15 is 0 Å². The van der Waals surface area contributed by atoms with Crippen LogP contribution in [0.25, 0.3) is 11.5 Å². The Morgan fingerprint density at radius 3 is 1.33 bits per heavy atom. The van der Waals surface area contributed by atoms with Gasteiger partial charge >= 0.3 is 0 Å². The summed E-state index contributed by atoms with van der Waals surface area (Å²) < 4.78 is 0. The van der Waals surface area contributed by atoms with Gasteiger partial charge in [0.05, 0.1) is 0 Å². The molecule has 0 aromatic carbocycles. The van der Waals surface area contributed by atoms with Crippen molar-refractivity contribution in [1.82, 2.24) is 0 Å². The quantitative estimate of drug-likeness (QED) is 0.599. The van der Waals surface area contributed by atoms with Crippen molar-refractivity contribution >= 4 is 0 Å². The van der Waals surface area contributed by atoms with Crippen LogP contribution >= 0.6 is 0 Å². The van der Waals surface area contributed by atoms with Gasteiger partial charge in [-0.15, -0.1) is 0 Å². The zero-order chi connectivity index (χ0) is 8.85. The molecule has 1 aliphatic carbocycles. The van der Waals surface area contributed by atoms with Crippen LogP contribution in [0.5, 0.6) is 0 Å². The van der Waals surface area contributed by atoms with Crippen LogP contribution in [0.4, 0.5) is 0 Å². The van der Waals surface area contributed by atoms with Gasteiger partial charge in [0.25, 0.3) is 0 Å². The van der Waals surface area contributed by atoms with Gasteiger partial charge in [0.1, 0.15) is 0 Å². The van der Waals surface area contributed by atoms with Crippen LogP contribution in [0, 0.1) is 5.92 Å². The minimum Gasteiger partial charge on any atom is -0.676 e. The molecule has 0 aromatic heterocycles. The van der Waals surface area contributed by atoms with E-state index in [0.717, 1.165) is 19.3 Å². The normalized spacial score (nSPS) is 27.5. The van der Waals surface area contributed by atoms with E-state index in [-0.39, 0.29) is 33.1 Å². The second-order valence-electron chi connectivity index (χ2n) is 3.64. The fourth-order valence-corrected chi connectivity index (χ4v) is 0.960. The molecule has 0 saturated heterocycles. The summed E-state index contributed by atoms with van der Waals surface area (Å²) in [5, 5.41) is 0. The van der Waals surface area contributed by atoms with Gasteiger partial charge < -0.3 is 17.4 Å². The van der Waals surface area contributed by atoms with Crippen molar-refractivity contribution in [3.8, 4) is 0 Å². The summed E-state index contributed by atoms with van der Waals surface area (Å²) in [6.45, 7) is 6.25. The standard InChI is InChI=1S/C5H10N2.C4H9.Pt/c6-4-2-1-3-5(4)7;1-4(2)3;/h4-7H,1-3H2;1-3H3;/q-2;-1;. The third-order valence-electron chi connectivity index (χ3n) is 1.52. The van der Waals surface area contributed by atoms with Gasteiger partial charge in [-0.2, -0.15) is 32.9 Å². The third kappa shape index (κ3) is 8.70. The smallest absolute Gasteiger partial charge is 0 e. The summed E-state index contributed by atoms with van der Waals surface area (Å²) >= 11 is 0. The molecule has 2 N–H and O–H groups in total. The van der Waals surface area contributed by atoms with E-state index in [4.69, 9.17) is 11.5 Å². The van der Waals surface area contributed by atoms with Crippen molar-refractivity contribution in [2.75, 3.05) is 0 Å². The molecule has 1 fully saturated rings. The second-order valence-corrected chi connectivity index (χ2v) is 3.64. The molecule has 0 aliphatic heterocycles. The zero-order valence-corrected chi connectivity index (χ0v) is 10.4. The van der Waals surface area contributed by atoms with Gasteiger partial charge in [0, 0.05) is 21.1 Å². The van der Waals surface area contributed by atoms with Gasteiger partial charge in [-0.05, 0) is 0 Å². The molecule has 0 spiro atoms. The Balaban J connectivity index is 0.